The Balaban J connectivity index is 2.05. The third-order valence-electron chi connectivity index (χ3n) is 4.24. The highest BCUT2D eigenvalue weighted by Crippen LogP contribution is 2.52. The van der Waals surface area contributed by atoms with E-state index in [4.69, 9.17) is 15.2 Å². The normalized spacial score (nSPS) is 32.4. The number of nitrogens with one attached hydrogen (secondary N) is 1. The van der Waals surface area contributed by atoms with Gasteiger partial charge in [0.25, 0.3) is 5.91 Å². The lowest BCUT2D eigenvalue weighted by atomic mass is 9.48. The lowest BCUT2D eigenvalue weighted by Gasteiger charge is -2.62. The molecule has 0 aromatic heterocycles. The Morgan fingerprint density at radius 2 is 1.94 bits per heavy atom. The van der Waals surface area contributed by atoms with Crippen molar-refractivity contribution in [1.82, 2.24) is 5.32 Å². The summed E-state index contributed by atoms with van der Waals surface area (Å²) in [4.78, 5) is 12.1. The van der Waals surface area contributed by atoms with Gasteiger partial charge in [0, 0.05) is 22.9 Å². The third kappa shape index (κ3) is 1.86. The van der Waals surface area contributed by atoms with Crippen LogP contribution < -0.4 is 11.1 Å². The number of carbonyl (C=O) groups excluding carboxylic acids is 1. The molecule has 1 aliphatic carbocycles. The molecule has 0 bridgehead atoms. The predicted molar refractivity (Wildman–Crippen MR) is 67.5 cm³/mol. The molecule has 3 N–H and O–H groups in total. The number of nitrogens with two attached hydrogens (primary N) is 1. The SMILES string of the molecule is CC1(C)C(N)C(C)(C)C1NC(=O)C1=COCCO1. The van der Waals surface area contributed by atoms with Gasteiger partial charge in [-0.05, 0) is 0 Å². The van der Waals surface area contributed by atoms with Crippen LogP contribution in [0, 0.1) is 10.8 Å². The summed E-state index contributed by atoms with van der Waals surface area (Å²) in [5.74, 6) is 0.0149. The summed E-state index contributed by atoms with van der Waals surface area (Å²) in [6.07, 6.45) is 1.37. The highest BCUT2D eigenvalue weighted by Gasteiger charge is 2.60. The van der Waals surface area contributed by atoms with Gasteiger partial charge in [-0.3, -0.25) is 4.79 Å². The molecule has 5 heteroatoms. The van der Waals surface area contributed by atoms with E-state index in [1.807, 2.05) is 0 Å². The van der Waals surface area contributed by atoms with Gasteiger partial charge < -0.3 is 20.5 Å². The van der Waals surface area contributed by atoms with Gasteiger partial charge in [-0.2, -0.15) is 0 Å². The van der Waals surface area contributed by atoms with Crippen LogP contribution in [-0.4, -0.2) is 31.2 Å². The Kier molecular flexibility index (Phi) is 3.05. The topological polar surface area (TPSA) is 73.6 Å². The van der Waals surface area contributed by atoms with Crippen molar-refractivity contribution in [2.75, 3.05) is 13.2 Å². The van der Waals surface area contributed by atoms with Crippen LogP contribution in [0.1, 0.15) is 27.7 Å². The average molecular weight is 254 g/mol. The van der Waals surface area contributed by atoms with Crippen LogP contribution in [0.2, 0.25) is 0 Å². The molecule has 2 aliphatic rings. The lowest BCUT2D eigenvalue weighted by Crippen LogP contribution is -2.76. The number of amides is 1. The van der Waals surface area contributed by atoms with Crippen molar-refractivity contribution >= 4 is 5.91 Å². The fraction of sp³-hybridized carbons (Fsp3) is 0.769. The van der Waals surface area contributed by atoms with E-state index in [-0.39, 0.29) is 34.6 Å². The van der Waals surface area contributed by atoms with E-state index in [1.165, 1.54) is 6.26 Å². The predicted octanol–water partition coefficient (Wildman–Crippen LogP) is 0.753. The van der Waals surface area contributed by atoms with Crippen molar-refractivity contribution in [3.8, 4) is 0 Å². The molecule has 102 valence electrons. The van der Waals surface area contributed by atoms with Gasteiger partial charge in [0.15, 0.2) is 0 Å². The Morgan fingerprint density at radius 3 is 2.44 bits per heavy atom. The zero-order valence-corrected chi connectivity index (χ0v) is 11.4. The maximum absolute atomic E-state index is 12.1. The second kappa shape index (κ2) is 4.16. The first-order valence-corrected chi connectivity index (χ1v) is 6.29. The molecule has 0 spiro atoms. The molecule has 0 radical (unpaired) electrons. The van der Waals surface area contributed by atoms with Crippen LogP contribution in [0.4, 0.5) is 0 Å². The Labute approximate surface area is 108 Å². The molecule has 5 nitrogen and oxygen atoms in total. The van der Waals surface area contributed by atoms with Gasteiger partial charge in [-0.15, -0.1) is 0 Å². The van der Waals surface area contributed by atoms with Crippen LogP contribution in [0.5, 0.6) is 0 Å². The van der Waals surface area contributed by atoms with Crippen molar-refractivity contribution in [3.63, 3.8) is 0 Å². The van der Waals surface area contributed by atoms with Crippen LogP contribution in [-0.2, 0) is 14.3 Å². The number of hydrogen-bond acceptors (Lipinski definition) is 4. The van der Waals surface area contributed by atoms with Gasteiger partial charge in [0.1, 0.15) is 19.5 Å². The van der Waals surface area contributed by atoms with E-state index in [9.17, 15) is 4.79 Å². The van der Waals surface area contributed by atoms with Crippen molar-refractivity contribution in [1.29, 1.82) is 0 Å². The molecule has 1 fully saturated rings. The maximum atomic E-state index is 12.1. The zero-order valence-electron chi connectivity index (χ0n) is 11.4. The molecule has 2 rings (SSSR count). The van der Waals surface area contributed by atoms with E-state index in [0.29, 0.717) is 13.2 Å². The summed E-state index contributed by atoms with van der Waals surface area (Å²) in [5.41, 5.74) is 5.93. The standard InChI is InChI=1S/C13H22N2O3/c1-12(2)10(14)13(3,4)11(12)15-9(16)8-7-17-5-6-18-8/h7,10-11H,5-6,14H2,1-4H3,(H,15,16). The first-order valence-electron chi connectivity index (χ1n) is 6.29. The van der Waals surface area contributed by atoms with Crippen LogP contribution >= 0.6 is 0 Å². The molecule has 0 unspecified atom stereocenters. The highest BCUT2D eigenvalue weighted by atomic mass is 16.6. The number of carbonyl (C=O) groups is 1. The Morgan fingerprint density at radius 1 is 1.33 bits per heavy atom. The van der Waals surface area contributed by atoms with Crippen LogP contribution in [0.3, 0.4) is 0 Å². The molecule has 1 amide bonds. The summed E-state index contributed by atoms with van der Waals surface area (Å²) in [6.45, 7) is 9.18. The van der Waals surface area contributed by atoms with Gasteiger partial charge in [0.05, 0.1) is 0 Å². The van der Waals surface area contributed by atoms with E-state index in [2.05, 4.69) is 33.0 Å². The lowest BCUT2D eigenvalue weighted by molar-refractivity contribution is -0.133. The summed E-state index contributed by atoms with van der Waals surface area (Å²) in [5, 5.41) is 3.00. The first-order chi connectivity index (χ1) is 8.28. The molecular formula is C13H22N2O3. The molecule has 0 saturated heterocycles. The monoisotopic (exact) mass is 254 g/mol. The van der Waals surface area contributed by atoms with Gasteiger partial charge in [-0.25, -0.2) is 0 Å². The van der Waals surface area contributed by atoms with Crippen molar-refractivity contribution in [3.05, 3.63) is 12.0 Å². The highest BCUT2D eigenvalue weighted by molar-refractivity contribution is 5.91. The molecule has 1 saturated carbocycles. The molecule has 1 heterocycles. The minimum atomic E-state index is -0.229. The zero-order chi connectivity index (χ0) is 13.6. The first kappa shape index (κ1) is 13.2. The number of rotatable bonds is 2. The van der Waals surface area contributed by atoms with Crippen molar-refractivity contribution in [2.24, 2.45) is 16.6 Å². The van der Waals surface area contributed by atoms with Gasteiger partial charge in [-0.1, -0.05) is 27.7 Å². The quantitative estimate of drug-likeness (QED) is 0.762. The van der Waals surface area contributed by atoms with Crippen molar-refractivity contribution < 1.29 is 14.3 Å². The maximum Gasteiger partial charge on any atom is 0.289 e. The molecule has 18 heavy (non-hydrogen) atoms. The smallest absolute Gasteiger partial charge is 0.289 e. The fourth-order valence-electron chi connectivity index (χ4n) is 3.24. The van der Waals surface area contributed by atoms with Gasteiger partial charge >= 0.3 is 0 Å². The number of hydrogen-bond donors (Lipinski definition) is 2. The number of ether oxygens (including phenoxy) is 2. The summed E-state index contributed by atoms with van der Waals surface area (Å²) >= 11 is 0. The van der Waals surface area contributed by atoms with Crippen LogP contribution in [0.25, 0.3) is 0 Å². The Bertz CT molecular complexity index is 372. The minimum absolute atomic E-state index is 0.0268. The second-order valence-corrected chi connectivity index (χ2v) is 6.23. The largest absolute Gasteiger partial charge is 0.494 e. The van der Waals surface area contributed by atoms with Crippen LogP contribution in [0.15, 0.2) is 12.0 Å². The molecular weight excluding hydrogens is 232 g/mol. The van der Waals surface area contributed by atoms with E-state index < -0.39 is 0 Å². The minimum Gasteiger partial charge on any atom is -0.494 e. The van der Waals surface area contributed by atoms with Crippen molar-refractivity contribution in [2.45, 2.75) is 39.8 Å². The summed E-state index contributed by atoms with van der Waals surface area (Å²) in [7, 11) is 0. The Hall–Kier alpha value is -1.23. The van der Waals surface area contributed by atoms with E-state index in [1.54, 1.807) is 0 Å². The fourth-order valence-corrected chi connectivity index (χ4v) is 3.24. The van der Waals surface area contributed by atoms with E-state index in [0.717, 1.165) is 0 Å². The summed E-state index contributed by atoms with van der Waals surface area (Å²) < 4.78 is 10.4. The second-order valence-electron chi connectivity index (χ2n) is 6.23. The molecule has 0 aromatic carbocycles. The molecule has 1 aliphatic heterocycles. The third-order valence-corrected chi connectivity index (χ3v) is 4.24. The average Bonchev–Trinajstić information content (AvgIpc) is 2.35. The van der Waals surface area contributed by atoms with Gasteiger partial charge in [0.2, 0.25) is 5.76 Å². The molecule has 0 atom stereocenters. The summed E-state index contributed by atoms with van der Waals surface area (Å²) in [6, 6.07) is 0.0896. The molecule has 0 aromatic rings. The van der Waals surface area contributed by atoms with E-state index >= 15 is 0 Å².